The molecule has 0 aromatic heterocycles. The molecule has 0 unspecified atom stereocenters. The summed E-state index contributed by atoms with van der Waals surface area (Å²) in [6, 6.07) is 11.3. The highest BCUT2D eigenvalue weighted by Gasteiger charge is 2.28. The predicted molar refractivity (Wildman–Crippen MR) is 127 cm³/mol. The lowest BCUT2D eigenvalue weighted by Gasteiger charge is -2.30. The summed E-state index contributed by atoms with van der Waals surface area (Å²) >= 11 is 15.4. The van der Waals surface area contributed by atoms with Crippen molar-refractivity contribution in [1.29, 1.82) is 0 Å². The number of halogens is 3. The molecule has 1 N–H and O–H groups in total. The van der Waals surface area contributed by atoms with E-state index >= 15 is 0 Å². The van der Waals surface area contributed by atoms with Gasteiger partial charge in [-0.05, 0) is 74.9 Å². The third-order valence-electron chi connectivity index (χ3n) is 5.20. The lowest BCUT2D eigenvalue weighted by Crippen LogP contribution is -2.47. The molecule has 1 aliphatic heterocycles. The monoisotopic (exact) mass is 547 g/mol. The van der Waals surface area contributed by atoms with Gasteiger partial charge in [-0.1, -0.05) is 45.2 Å². The summed E-state index contributed by atoms with van der Waals surface area (Å²) in [5.41, 5.74) is 0.641. The van der Waals surface area contributed by atoms with Crippen LogP contribution in [0.1, 0.15) is 18.4 Å². The Bertz CT molecular complexity index is 1030. The SMILES string of the molecule is CN1CCC(NC(=O)CN(Cc2ccc(Cl)c(Cl)c2)S(=O)(=O)c2ccc(Br)cc2)CC1. The van der Waals surface area contributed by atoms with Gasteiger partial charge in [-0.25, -0.2) is 8.42 Å². The minimum absolute atomic E-state index is 0.00386. The molecule has 1 heterocycles. The number of hydrogen-bond donors (Lipinski definition) is 1. The van der Waals surface area contributed by atoms with Crippen LogP contribution in [0.3, 0.4) is 0 Å². The second-order valence-electron chi connectivity index (χ2n) is 7.62. The van der Waals surface area contributed by atoms with E-state index in [2.05, 4.69) is 26.1 Å². The summed E-state index contributed by atoms with van der Waals surface area (Å²) in [5.74, 6) is -0.324. The molecule has 3 rings (SSSR count). The zero-order valence-electron chi connectivity index (χ0n) is 17.0. The van der Waals surface area contributed by atoms with Gasteiger partial charge in [0, 0.05) is 17.1 Å². The maximum absolute atomic E-state index is 13.3. The molecule has 0 aliphatic carbocycles. The fraction of sp³-hybridized carbons (Fsp3) is 0.381. The summed E-state index contributed by atoms with van der Waals surface area (Å²) in [7, 11) is -1.87. The molecule has 168 valence electrons. The Hall–Kier alpha value is -1.16. The van der Waals surface area contributed by atoms with Gasteiger partial charge < -0.3 is 10.2 Å². The van der Waals surface area contributed by atoms with Crippen molar-refractivity contribution in [3.05, 3.63) is 62.5 Å². The molecular weight excluding hydrogens is 525 g/mol. The molecule has 1 fully saturated rings. The second kappa shape index (κ2) is 10.6. The van der Waals surface area contributed by atoms with E-state index in [1.165, 1.54) is 16.4 Å². The van der Waals surface area contributed by atoms with Crippen LogP contribution in [-0.2, 0) is 21.4 Å². The molecule has 2 aromatic rings. The standard InChI is InChI=1S/C21H24BrCl2N3O3S/c1-26-10-8-17(9-11-26)25-21(28)14-27(13-15-2-7-19(23)20(24)12-15)31(29,30)18-5-3-16(22)4-6-18/h2-7,12,17H,8-11,13-14H2,1H3,(H,25,28). The van der Waals surface area contributed by atoms with E-state index in [9.17, 15) is 13.2 Å². The second-order valence-corrected chi connectivity index (χ2v) is 11.3. The van der Waals surface area contributed by atoms with Crippen LogP contribution in [0.4, 0.5) is 0 Å². The van der Waals surface area contributed by atoms with Crippen LogP contribution in [0, 0.1) is 0 Å². The van der Waals surface area contributed by atoms with Crippen LogP contribution >= 0.6 is 39.1 Å². The number of sulfonamides is 1. The molecule has 10 heteroatoms. The Morgan fingerprint density at radius 3 is 2.39 bits per heavy atom. The summed E-state index contributed by atoms with van der Waals surface area (Å²) in [4.78, 5) is 15.1. The van der Waals surface area contributed by atoms with Crippen molar-refractivity contribution in [2.24, 2.45) is 0 Å². The van der Waals surface area contributed by atoms with Crippen molar-refractivity contribution < 1.29 is 13.2 Å². The molecule has 1 aliphatic rings. The fourth-order valence-corrected chi connectivity index (χ4v) is 5.38. The van der Waals surface area contributed by atoms with Crippen LogP contribution in [0.25, 0.3) is 0 Å². The average Bonchev–Trinajstić information content (AvgIpc) is 2.72. The smallest absolute Gasteiger partial charge is 0.243 e. The maximum atomic E-state index is 13.3. The molecule has 0 saturated carbocycles. The first-order valence-electron chi connectivity index (χ1n) is 9.82. The van der Waals surface area contributed by atoms with Crippen molar-refractivity contribution in [2.45, 2.75) is 30.3 Å². The molecule has 31 heavy (non-hydrogen) atoms. The van der Waals surface area contributed by atoms with E-state index in [0.29, 0.717) is 15.6 Å². The summed E-state index contributed by atoms with van der Waals surface area (Å²) in [6.07, 6.45) is 1.68. The number of carbonyl (C=O) groups is 1. The molecule has 2 aromatic carbocycles. The number of rotatable bonds is 7. The van der Waals surface area contributed by atoms with Gasteiger partial charge in [0.05, 0.1) is 21.5 Å². The normalized spacial score (nSPS) is 15.9. The fourth-order valence-electron chi connectivity index (χ4n) is 3.41. The van der Waals surface area contributed by atoms with Gasteiger partial charge in [-0.3, -0.25) is 4.79 Å². The molecule has 0 spiro atoms. The number of hydrogen-bond acceptors (Lipinski definition) is 4. The number of benzene rings is 2. The van der Waals surface area contributed by atoms with Crippen LogP contribution in [-0.4, -0.2) is 56.3 Å². The Kier molecular flexibility index (Phi) is 8.40. The first-order chi connectivity index (χ1) is 14.6. The van der Waals surface area contributed by atoms with Crippen molar-refractivity contribution in [3.8, 4) is 0 Å². The van der Waals surface area contributed by atoms with Crippen molar-refractivity contribution in [3.63, 3.8) is 0 Å². The van der Waals surface area contributed by atoms with E-state index in [0.717, 1.165) is 30.4 Å². The molecular formula is C21H24BrCl2N3O3S. The van der Waals surface area contributed by atoms with Crippen molar-refractivity contribution in [1.82, 2.24) is 14.5 Å². The third-order valence-corrected chi connectivity index (χ3v) is 8.27. The first-order valence-corrected chi connectivity index (χ1v) is 12.8. The Labute approximate surface area is 201 Å². The third kappa shape index (κ3) is 6.66. The maximum Gasteiger partial charge on any atom is 0.243 e. The van der Waals surface area contributed by atoms with E-state index in [-0.39, 0.29) is 29.9 Å². The Morgan fingerprint density at radius 1 is 1.13 bits per heavy atom. The Balaban J connectivity index is 1.81. The highest BCUT2D eigenvalue weighted by Crippen LogP contribution is 2.25. The van der Waals surface area contributed by atoms with Crippen LogP contribution < -0.4 is 5.32 Å². The zero-order chi connectivity index (χ0) is 22.6. The lowest BCUT2D eigenvalue weighted by atomic mass is 10.1. The number of nitrogens with zero attached hydrogens (tertiary/aromatic N) is 2. The predicted octanol–water partition coefficient (Wildman–Crippen LogP) is 4.16. The number of piperidine rings is 1. The van der Waals surface area contributed by atoms with Crippen molar-refractivity contribution in [2.75, 3.05) is 26.7 Å². The molecule has 1 saturated heterocycles. The summed E-state index contributed by atoms with van der Waals surface area (Å²) < 4.78 is 28.6. The Morgan fingerprint density at radius 2 is 1.77 bits per heavy atom. The topological polar surface area (TPSA) is 69.7 Å². The van der Waals surface area contributed by atoms with E-state index < -0.39 is 10.0 Å². The molecule has 0 radical (unpaired) electrons. The highest BCUT2D eigenvalue weighted by atomic mass is 79.9. The molecule has 6 nitrogen and oxygen atoms in total. The van der Waals surface area contributed by atoms with E-state index in [4.69, 9.17) is 23.2 Å². The number of likely N-dealkylation sites (tertiary alicyclic amines) is 1. The largest absolute Gasteiger partial charge is 0.352 e. The number of carbonyl (C=O) groups excluding carboxylic acids is 1. The van der Waals surface area contributed by atoms with Gasteiger partial charge in [0.15, 0.2) is 0 Å². The van der Waals surface area contributed by atoms with Gasteiger partial charge in [-0.15, -0.1) is 0 Å². The van der Waals surface area contributed by atoms with Gasteiger partial charge in [0.25, 0.3) is 0 Å². The van der Waals surface area contributed by atoms with Gasteiger partial charge in [0.2, 0.25) is 15.9 Å². The van der Waals surface area contributed by atoms with Crippen LogP contribution in [0.15, 0.2) is 51.8 Å². The summed E-state index contributed by atoms with van der Waals surface area (Å²) in [5, 5.41) is 3.69. The lowest BCUT2D eigenvalue weighted by molar-refractivity contribution is -0.122. The van der Waals surface area contributed by atoms with Crippen molar-refractivity contribution >= 4 is 55.1 Å². The van der Waals surface area contributed by atoms with E-state index in [1.807, 2.05) is 7.05 Å². The highest BCUT2D eigenvalue weighted by molar-refractivity contribution is 9.10. The van der Waals surface area contributed by atoms with Crippen LogP contribution in [0.5, 0.6) is 0 Å². The summed E-state index contributed by atoms with van der Waals surface area (Å²) in [6.45, 7) is 1.51. The number of nitrogens with one attached hydrogen (secondary N) is 1. The first kappa shape index (κ1) is 24.5. The zero-order valence-corrected chi connectivity index (χ0v) is 20.9. The molecule has 0 bridgehead atoms. The minimum atomic E-state index is -3.92. The van der Waals surface area contributed by atoms with Gasteiger partial charge >= 0.3 is 0 Å². The van der Waals surface area contributed by atoms with Crippen LogP contribution in [0.2, 0.25) is 10.0 Å². The molecule has 0 atom stereocenters. The number of amides is 1. The van der Waals surface area contributed by atoms with Gasteiger partial charge in [-0.2, -0.15) is 4.31 Å². The molecule has 1 amide bonds. The van der Waals surface area contributed by atoms with Gasteiger partial charge in [0.1, 0.15) is 0 Å². The van der Waals surface area contributed by atoms with E-state index in [1.54, 1.807) is 30.3 Å². The quantitative estimate of drug-likeness (QED) is 0.564. The average molecular weight is 549 g/mol. The minimum Gasteiger partial charge on any atom is -0.352 e.